The zero-order valence-corrected chi connectivity index (χ0v) is 18.3. The van der Waals surface area contributed by atoms with Crippen LogP contribution in [0.2, 0.25) is 0 Å². The standard InChI is InChI=1S/C22H18IN3O2S/c23-18-10-4-8-16(12-18)21(28)26-22(29)25-19-11-5-9-17(13-19)20(27)24-14-15-6-2-1-3-7-15/h1-13H,14H2,(H,24,27)(H2,25,26,28,29). The molecule has 0 bridgehead atoms. The lowest BCUT2D eigenvalue weighted by Crippen LogP contribution is -2.34. The minimum atomic E-state index is -0.294. The fourth-order valence-corrected chi connectivity index (χ4v) is 3.34. The summed E-state index contributed by atoms with van der Waals surface area (Å²) in [7, 11) is 0. The average molecular weight is 515 g/mol. The van der Waals surface area contributed by atoms with E-state index in [1.807, 2.05) is 42.5 Å². The Morgan fingerprint density at radius 1 is 0.828 bits per heavy atom. The van der Waals surface area contributed by atoms with Crippen LogP contribution in [-0.2, 0) is 6.54 Å². The van der Waals surface area contributed by atoms with Crippen LogP contribution >= 0.6 is 34.8 Å². The second-order valence-corrected chi connectivity index (χ2v) is 7.82. The summed E-state index contributed by atoms with van der Waals surface area (Å²) in [5, 5.41) is 8.64. The Morgan fingerprint density at radius 3 is 2.24 bits per heavy atom. The van der Waals surface area contributed by atoms with Crippen LogP contribution < -0.4 is 16.0 Å². The van der Waals surface area contributed by atoms with Crippen molar-refractivity contribution in [3.05, 3.63) is 99.1 Å². The van der Waals surface area contributed by atoms with Gasteiger partial charge < -0.3 is 10.6 Å². The molecule has 5 nitrogen and oxygen atoms in total. The number of rotatable bonds is 5. The maximum absolute atomic E-state index is 12.4. The van der Waals surface area contributed by atoms with Gasteiger partial charge in [0.25, 0.3) is 11.8 Å². The lowest BCUT2D eigenvalue weighted by molar-refractivity contribution is 0.0948. The second-order valence-electron chi connectivity index (χ2n) is 6.17. The summed E-state index contributed by atoms with van der Waals surface area (Å²) in [4.78, 5) is 24.7. The summed E-state index contributed by atoms with van der Waals surface area (Å²) in [5.41, 5.74) is 2.66. The summed E-state index contributed by atoms with van der Waals surface area (Å²) in [6.07, 6.45) is 0. The van der Waals surface area contributed by atoms with Crippen molar-refractivity contribution in [2.24, 2.45) is 0 Å². The molecule has 0 aliphatic carbocycles. The Labute approximate surface area is 188 Å². The Hall–Kier alpha value is -2.78. The first-order valence-electron chi connectivity index (χ1n) is 8.81. The molecule has 29 heavy (non-hydrogen) atoms. The molecule has 3 aromatic carbocycles. The van der Waals surface area contributed by atoms with E-state index in [1.54, 1.807) is 36.4 Å². The second kappa shape index (κ2) is 10.1. The molecule has 0 spiro atoms. The van der Waals surface area contributed by atoms with Gasteiger partial charge in [-0.05, 0) is 76.8 Å². The lowest BCUT2D eigenvalue weighted by Gasteiger charge is -2.11. The fraction of sp³-hybridized carbons (Fsp3) is 0.0455. The van der Waals surface area contributed by atoms with Gasteiger partial charge in [-0.15, -0.1) is 0 Å². The zero-order valence-electron chi connectivity index (χ0n) is 15.3. The van der Waals surface area contributed by atoms with Gasteiger partial charge in [0.1, 0.15) is 0 Å². The van der Waals surface area contributed by atoms with E-state index in [4.69, 9.17) is 12.2 Å². The number of anilines is 1. The molecule has 3 aromatic rings. The van der Waals surface area contributed by atoms with Crippen LogP contribution in [0.5, 0.6) is 0 Å². The van der Waals surface area contributed by atoms with Crippen molar-refractivity contribution in [2.45, 2.75) is 6.54 Å². The van der Waals surface area contributed by atoms with E-state index in [2.05, 4.69) is 38.5 Å². The molecular formula is C22H18IN3O2S. The highest BCUT2D eigenvalue weighted by molar-refractivity contribution is 14.1. The Kier molecular flexibility index (Phi) is 7.31. The number of amides is 2. The summed E-state index contributed by atoms with van der Waals surface area (Å²) in [5.74, 6) is -0.482. The normalized spacial score (nSPS) is 10.1. The highest BCUT2D eigenvalue weighted by Crippen LogP contribution is 2.12. The van der Waals surface area contributed by atoms with Crippen LogP contribution in [0, 0.1) is 3.57 Å². The predicted molar refractivity (Wildman–Crippen MR) is 127 cm³/mol. The molecule has 2 amide bonds. The monoisotopic (exact) mass is 515 g/mol. The number of hydrogen-bond acceptors (Lipinski definition) is 3. The molecule has 0 heterocycles. The first-order valence-corrected chi connectivity index (χ1v) is 10.3. The van der Waals surface area contributed by atoms with E-state index < -0.39 is 0 Å². The zero-order chi connectivity index (χ0) is 20.6. The molecule has 0 aliphatic heterocycles. The van der Waals surface area contributed by atoms with Gasteiger partial charge in [-0.2, -0.15) is 0 Å². The molecule has 0 unspecified atom stereocenters. The van der Waals surface area contributed by atoms with Gasteiger partial charge in [0.2, 0.25) is 0 Å². The fourth-order valence-electron chi connectivity index (χ4n) is 2.59. The lowest BCUT2D eigenvalue weighted by atomic mass is 10.1. The third-order valence-corrected chi connectivity index (χ3v) is 4.87. The number of hydrogen-bond donors (Lipinski definition) is 3. The highest BCUT2D eigenvalue weighted by atomic mass is 127. The Bertz CT molecular complexity index is 1040. The van der Waals surface area contributed by atoms with E-state index in [-0.39, 0.29) is 16.9 Å². The van der Waals surface area contributed by atoms with E-state index in [9.17, 15) is 9.59 Å². The first kappa shape index (κ1) is 20.9. The number of thiocarbonyl (C=S) groups is 1. The average Bonchev–Trinajstić information content (AvgIpc) is 2.73. The molecule has 0 aliphatic rings. The molecule has 0 fully saturated rings. The molecule has 0 atom stereocenters. The van der Waals surface area contributed by atoms with Gasteiger partial charge in [-0.25, -0.2) is 0 Å². The number of halogens is 1. The Morgan fingerprint density at radius 2 is 1.52 bits per heavy atom. The van der Waals surface area contributed by atoms with Crippen molar-refractivity contribution in [1.82, 2.24) is 10.6 Å². The van der Waals surface area contributed by atoms with Crippen molar-refractivity contribution < 1.29 is 9.59 Å². The Balaban J connectivity index is 1.58. The SMILES string of the molecule is O=C(NCc1ccccc1)c1cccc(NC(=S)NC(=O)c2cccc(I)c2)c1. The molecular weight excluding hydrogens is 497 g/mol. The van der Waals surface area contributed by atoms with Crippen LogP contribution in [0.1, 0.15) is 26.3 Å². The van der Waals surface area contributed by atoms with Crippen LogP contribution in [0.3, 0.4) is 0 Å². The van der Waals surface area contributed by atoms with Crippen LogP contribution in [0.15, 0.2) is 78.9 Å². The van der Waals surface area contributed by atoms with Gasteiger partial charge in [0, 0.05) is 26.9 Å². The third-order valence-electron chi connectivity index (χ3n) is 3.99. The summed E-state index contributed by atoms with van der Waals surface area (Å²) in [6.45, 7) is 0.446. The van der Waals surface area contributed by atoms with Crippen molar-refractivity contribution >= 4 is 57.4 Å². The number of carbonyl (C=O) groups is 2. The van der Waals surface area contributed by atoms with Gasteiger partial charge in [0.15, 0.2) is 5.11 Å². The van der Waals surface area contributed by atoms with Crippen molar-refractivity contribution in [3.63, 3.8) is 0 Å². The molecule has 0 aromatic heterocycles. The van der Waals surface area contributed by atoms with Crippen molar-refractivity contribution in [1.29, 1.82) is 0 Å². The maximum atomic E-state index is 12.4. The van der Waals surface area contributed by atoms with Gasteiger partial charge in [-0.3, -0.25) is 14.9 Å². The number of carbonyl (C=O) groups excluding carboxylic acids is 2. The molecule has 0 saturated carbocycles. The third kappa shape index (κ3) is 6.37. The topological polar surface area (TPSA) is 70.2 Å². The van der Waals surface area contributed by atoms with Gasteiger partial charge in [0.05, 0.1) is 0 Å². The first-order chi connectivity index (χ1) is 14.0. The van der Waals surface area contributed by atoms with Gasteiger partial charge in [-0.1, -0.05) is 42.5 Å². The van der Waals surface area contributed by atoms with Gasteiger partial charge >= 0.3 is 0 Å². The highest BCUT2D eigenvalue weighted by Gasteiger charge is 2.10. The molecule has 3 rings (SSSR count). The quantitative estimate of drug-likeness (QED) is 0.349. The van der Waals surface area contributed by atoms with Crippen LogP contribution in [0.25, 0.3) is 0 Å². The largest absolute Gasteiger partial charge is 0.348 e. The number of nitrogens with one attached hydrogen (secondary N) is 3. The predicted octanol–water partition coefficient (Wildman–Crippen LogP) is 4.35. The summed E-state index contributed by atoms with van der Waals surface area (Å²) in [6, 6.07) is 23.8. The molecule has 7 heteroatoms. The van der Waals surface area contributed by atoms with E-state index >= 15 is 0 Å². The minimum Gasteiger partial charge on any atom is -0.348 e. The molecule has 0 saturated heterocycles. The molecule has 3 N–H and O–H groups in total. The maximum Gasteiger partial charge on any atom is 0.257 e. The minimum absolute atomic E-state index is 0.163. The van der Waals surface area contributed by atoms with Crippen LogP contribution in [0.4, 0.5) is 5.69 Å². The molecule has 146 valence electrons. The van der Waals surface area contributed by atoms with E-state index in [0.29, 0.717) is 23.4 Å². The summed E-state index contributed by atoms with van der Waals surface area (Å²) < 4.78 is 0.961. The van der Waals surface area contributed by atoms with Crippen LogP contribution in [-0.4, -0.2) is 16.9 Å². The van der Waals surface area contributed by atoms with E-state index in [0.717, 1.165) is 9.13 Å². The van der Waals surface area contributed by atoms with Crippen molar-refractivity contribution in [3.8, 4) is 0 Å². The smallest absolute Gasteiger partial charge is 0.257 e. The number of benzene rings is 3. The summed E-state index contributed by atoms with van der Waals surface area (Å²) >= 11 is 7.37. The van der Waals surface area contributed by atoms with E-state index in [1.165, 1.54) is 0 Å². The van der Waals surface area contributed by atoms with Crippen molar-refractivity contribution in [2.75, 3.05) is 5.32 Å². The molecule has 0 radical (unpaired) electrons.